The molecule has 8 heteroatoms. The first-order valence-electron chi connectivity index (χ1n) is 6.57. The minimum absolute atomic E-state index is 0.458. The lowest BCUT2D eigenvalue weighted by atomic mass is 10.1. The van der Waals surface area contributed by atoms with Gasteiger partial charge in [-0.3, -0.25) is 4.90 Å². The molecule has 0 saturated carbocycles. The summed E-state index contributed by atoms with van der Waals surface area (Å²) in [6.45, 7) is 5.49. The second-order valence-corrected chi connectivity index (χ2v) is 5.60. The molecule has 0 aromatic carbocycles. The number of carbonyl (C=O) groups excluding carboxylic acids is 1. The van der Waals surface area contributed by atoms with Crippen molar-refractivity contribution in [1.29, 1.82) is 0 Å². The fraction of sp³-hybridized carbons (Fsp3) is 0.833. The smallest absolute Gasteiger partial charge is 0.328 e. The first kappa shape index (κ1) is 16.7. The van der Waals surface area contributed by atoms with E-state index in [-0.39, 0.29) is 0 Å². The van der Waals surface area contributed by atoms with Crippen molar-refractivity contribution in [2.24, 2.45) is 0 Å². The average Bonchev–Trinajstić information content (AvgIpc) is 2.34. The SMILES string of the molecule is CC(C)(O)CN1CCN(C(=O)N[C@@H](CO)C(=O)O)CC1. The Morgan fingerprint density at radius 1 is 1.25 bits per heavy atom. The van der Waals surface area contributed by atoms with Crippen molar-refractivity contribution in [2.45, 2.75) is 25.5 Å². The van der Waals surface area contributed by atoms with Gasteiger partial charge < -0.3 is 25.5 Å². The number of rotatable bonds is 5. The number of carboxylic acid groups (broad SMARTS) is 1. The van der Waals surface area contributed by atoms with Crippen LogP contribution in [0.25, 0.3) is 0 Å². The van der Waals surface area contributed by atoms with E-state index >= 15 is 0 Å². The first-order valence-corrected chi connectivity index (χ1v) is 6.57. The number of urea groups is 1. The van der Waals surface area contributed by atoms with Crippen LogP contribution >= 0.6 is 0 Å². The summed E-state index contributed by atoms with van der Waals surface area (Å²) in [5.74, 6) is -1.26. The largest absolute Gasteiger partial charge is 0.480 e. The van der Waals surface area contributed by atoms with Crippen molar-refractivity contribution in [3.8, 4) is 0 Å². The second-order valence-electron chi connectivity index (χ2n) is 5.60. The Hall–Kier alpha value is -1.38. The molecule has 1 aliphatic rings. The highest BCUT2D eigenvalue weighted by Gasteiger charge is 2.27. The molecule has 0 radical (unpaired) electrons. The van der Waals surface area contributed by atoms with Crippen LogP contribution in [-0.4, -0.2) is 88.1 Å². The van der Waals surface area contributed by atoms with Crippen LogP contribution in [0.1, 0.15) is 13.8 Å². The van der Waals surface area contributed by atoms with Crippen LogP contribution in [0.3, 0.4) is 0 Å². The third kappa shape index (κ3) is 5.32. The number of hydrogen-bond acceptors (Lipinski definition) is 5. The van der Waals surface area contributed by atoms with Gasteiger partial charge in [0.05, 0.1) is 12.2 Å². The summed E-state index contributed by atoms with van der Waals surface area (Å²) in [6, 6.07) is -1.77. The highest BCUT2D eigenvalue weighted by atomic mass is 16.4. The number of aliphatic hydroxyl groups is 2. The number of amides is 2. The maximum absolute atomic E-state index is 11.8. The van der Waals surface area contributed by atoms with E-state index in [2.05, 4.69) is 5.32 Å². The molecule has 0 spiro atoms. The van der Waals surface area contributed by atoms with Crippen molar-refractivity contribution in [3.05, 3.63) is 0 Å². The van der Waals surface area contributed by atoms with Crippen LogP contribution in [0, 0.1) is 0 Å². The van der Waals surface area contributed by atoms with Crippen molar-refractivity contribution >= 4 is 12.0 Å². The quantitative estimate of drug-likeness (QED) is 0.491. The molecule has 1 heterocycles. The van der Waals surface area contributed by atoms with Gasteiger partial charge in [0.1, 0.15) is 0 Å². The van der Waals surface area contributed by atoms with Crippen molar-refractivity contribution in [1.82, 2.24) is 15.1 Å². The minimum atomic E-state index is -1.28. The second kappa shape index (κ2) is 6.87. The van der Waals surface area contributed by atoms with Crippen molar-refractivity contribution < 1.29 is 24.9 Å². The first-order chi connectivity index (χ1) is 9.23. The van der Waals surface area contributed by atoms with E-state index in [1.165, 1.54) is 4.90 Å². The van der Waals surface area contributed by atoms with E-state index < -0.39 is 30.3 Å². The molecule has 0 unspecified atom stereocenters. The van der Waals surface area contributed by atoms with Gasteiger partial charge in [-0.2, -0.15) is 0 Å². The molecule has 1 aliphatic heterocycles. The van der Waals surface area contributed by atoms with Gasteiger partial charge in [0.15, 0.2) is 6.04 Å². The van der Waals surface area contributed by atoms with Crippen LogP contribution < -0.4 is 5.32 Å². The Morgan fingerprint density at radius 2 is 1.80 bits per heavy atom. The minimum Gasteiger partial charge on any atom is -0.480 e. The standard InChI is InChI=1S/C12H23N3O5/c1-12(2,20)8-14-3-5-15(6-4-14)11(19)13-9(7-16)10(17)18/h9,16,20H,3-8H2,1-2H3,(H,13,19)(H,17,18)/t9-/m0/s1. The van der Waals surface area contributed by atoms with Crippen molar-refractivity contribution in [3.63, 3.8) is 0 Å². The third-order valence-electron chi connectivity index (χ3n) is 3.05. The summed E-state index contributed by atoms with van der Waals surface area (Å²) in [4.78, 5) is 26.1. The molecule has 1 atom stereocenters. The Kier molecular flexibility index (Phi) is 5.73. The summed E-state index contributed by atoms with van der Waals surface area (Å²) in [5, 5.41) is 29.6. The van der Waals surface area contributed by atoms with E-state index in [0.717, 1.165) is 0 Å². The van der Waals surface area contributed by atoms with Crippen LogP contribution in [0.2, 0.25) is 0 Å². The number of nitrogens with one attached hydrogen (secondary N) is 1. The Morgan fingerprint density at radius 3 is 2.20 bits per heavy atom. The Balaban J connectivity index is 2.41. The molecule has 4 N–H and O–H groups in total. The van der Waals surface area contributed by atoms with Gasteiger partial charge in [0.2, 0.25) is 0 Å². The van der Waals surface area contributed by atoms with Gasteiger partial charge >= 0.3 is 12.0 Å². The van der Waals surface area contributed by atoms with Gasteiger partial charge in [0, 0.05) is 32.7 Å². The fourth-order valence-corrected chi connectivity index (χ4v) is 2.08. The maximum atomic E-state index is 11.8. The van der Waals surface area contributed by atoms with Crippen LogP contribution in [0.5, 0.6) is 0 Å². The third-order valence-corrected chi connectivity index (χ3v) is 3.05. The fourth-order valence-electron chi connectivity index (χ4n) is 2.08. The van der Waals surface area contributed by atoms with E-state index in [4.69, 9.17) is 10.2 Å². The summed E-state index contributed by atoms with van der Waals surface area (Å²) in [5.41, 5.74) is -0.782. The number of aliphatic carboxylic acids is 1. The number of aliphatic hydroxyl groups excluding tert-OH is 1. The molecule has 1 rings (SSSR count). The monoisotopic (exact) mass is 289 g/mol. The van der Waals surface area contributed by atoms with Gasteiger partial charge in [-0.1, -0.05) is 0 Å². The number of carbonyl (C=O) groups is 2. The van der Waals surface area contributed by atoms with Crippen molar-refractivity contribution in [2.75, 3.05) is 39.3 Å². The number of nitrogens with zero attached hydrogens (tertiary/aromatic N) is 2. The Labute approximate surface area is 118 Å². The van der Waals surface area contributed by atoms with E-state index in [1.54, 1.807) is 13.8 Å². The molecule has 20 heavy (non-hydrogen) atoms. The van der Waals surface area contributed by atoms with Gasteiger partial charge in [-0.25, -0.2) is 9.59 Å². The van der Waals surface area contributed by atoms with E-state index in [0.29, 0.717) is 32.7 Å². The molecule has 0 aromatic rings. The highest BCUT2D eigenvalue weighted by molar-refractivity contribution is 5.82. The van der Waals surface area contributed by atoms with E-state index in [9.17, 15) is 14.7 Å². The molecular weight excluding hydrogens is 266 g/mol. The lowest BCUT2D eigenvalue weighted by molar-refractivity contribution is -0.140. The molecule has 116 valence electrons. The zero-order valence-electron chi connectivity index (χ0n) is 11.9. The maximum Gasteiger partial charge on any atom is 0.328 e. The number of hydrogen-bond donors (Lipinski definition) is 4. The summed E-state index contributed by atoms with van der Waals surface area (Å²) < 4.78 is 0. The molecule has 0 aromatic heterocycles. The summed E-state index contributed by atoms with van der Waals surface area (Å²) in [6.07, 6.45) is 0. The predicted octanol–water partition coefficient (Wildman–Crippen LogP) is -1.47. The van der Waals surface area contributed by atoms with Crippen LogP contribution in [0.4, 0.5) is 4.79 Å². The molecule has 0 bridgehead atoms. The lowest BCUT2D eigenvalue weighted by Crippen LogP contribution is -2.56. The van der Waals surface area contributed by atoms with Crippen LogP contribution in [0.15, 0.2) is 0 Å². The molecule has 1 fully saturated rings. The molecule has 8 nitrogen and oxygen atoms in total. The topological polar surface area (TPSA) is 113 Å². The summed E-state index contributed by atoms with van der Waals surface area (Å²) >= 11 is 0. The molecular formula is C12H23N3O5. The summed E-state index contributed by atoms with van der Waals surface area (Å²) in [7, 11) is 0. The number of β-amino-alcohol motifs (C(OH)–C–C–N with tert-alkyl or cyclic N) is 1. The van der Waals surface area contributed by atoms with E-state index in [1.807, 2.05) is 4.90 Å². The van der Waals surface area contributed by atoms with Gasteiger partial charge in [-0.05, 0) is 13.8 Å². The number of carboxylic acids is 1. The average molecular weight is 289 g/mol. The normalized spacial score (nSPS) is 18.7. The van der Waals surface area contributed by atoms with Crippen LogP contribution in [-0.2, 0) is 4.79 Å². The lowest BCUT2D eigenvalue weighted by Gasteiger charge is -2.37. The Bertz CT molecular complexity index is 347. The zero-order valence-corrected chi connectivity index (χ0v) is 11.9. The van der Waals surface area contributed by atoms with Gasteiger partial charge in [0.25, 0.3) is 0 Å². The molecule has 0 aliphatic carbocycles. The highest BCUT2D eigenvalue weighted by Crippen LogP contribution is 2.08. The zero-order chi connectivity index (χ0) is 15.3. The molecule has 1 saturated heterocycles. The molecule has 2 amide bonds. The van der Waals surface area contributed by atoms with Gasteiger partial charge in [-0.15, -0.1) is 0 Å². The predicted molar refractivity (Wildman–Crippen MR) is 71.4 cm³/mol. The number of piperazine rings is 1.